The Morgan fingerprint density at radius 1 is 1.26 bits per heavy atom. The van der Waals surface area contributed by atoms with Crippen LogP contribution in [-0.4, -0.2) is 24.7 Å². The van der Waals surface area contributed by atoms with Crippen LogP contribution in [0, 0.1) is 0 Å². The fraction of sp³-hybridized carbons (Fsp3) is 0.308. The first-order chi connectivity index (χ1) is 9.21. The number of pyridine rings is 1. The van der Waals surface area contributed by atoms with Crippen molar-refractivity contribution in [3.05, 3.63) is 23.9 Å². The highest BCUT2D eigenvalue weighted by atomic mass is 15.3. The second-order valence-electron chi connectivity index (χ2n) is 4.38. The summed E-state index contributed by atoms with van der Waals surface area (Å²) in [5, 5.41) is 4.52. The molecule has 0 fully saturated rings. The number of hydrogen-bond acceptors (Lipinski definition) is 4. The molecule has 6 nitrogen and oxygen atoms in total. The van der Waals surface area contributed by atoms with Crippen molar-refractivity contribution in [2.24, 2.45) is 0 Å². The summed E-state index contributed by atoms with van der Waals surface area (Å²) in [6.45, 7) is 4.96. The highest BCUT2D eigenvalue weighted by Crippen LogP contribution is 2.21. The third-order valence-corrected chi connectivity index (χ3v) is 3.10. The van der Waals surface area contributed by atoms with Gasteiger partial charge in [0.2, 0.25) is 0 Å². The van der Waals surface area contributed by atoms with Crippen LogP contribution < -0.4 is 5.73 Å². The second-order valence-corrected chi connectivity index (χ2v) is 4.38. The zero-order chi connectivity index (χ0) is 13.4. The van der Waals surface area contributed by atoms with E-state index in [0.29, 0.717) is 11.5 Å². The Kier molecular flexibility index (Phi) is 2.70. The molecule has 0 atom stereocenters. The molecule has 3 heterocycles. The average Bonchev–Trinajstić information content (AvgIpc) is 3.00. The molecule has 3 aromatic rings. The molecular weight excluding hydrogens is 240 g/mol. The van der Waals surface area contributed by atoms with E-state index in [1.165, 1.54) is 0 Å². The van der Waals surface area contributed by atoms with Crippen LogP contribution in [0.4, 0.5) is 5.82 Å². The minimum atomic E-state index is 0.476. The molecule has 0 radical (unpaired) electrons. The van der Waals surface area contributed by atoms with Gasteiger partial charge < -0.3 is 10.7 Å². The Labute approximate surface area is 110 Å². The monoisotopic (exact) mass is 256 g/mol. The molecule has 0 saturated carbocycles. The maximum atomic E-state index is 5.67. The molecule has 98 valence electrons. The smallest absolute Gasteiger partial charge is 0.180 e. The quantitative estimate of drug-likeness (QED) is 0.750. The van der Waals surface area contributed by atoms with Crippen LogP contribution in [-0.2, 0) is 13.0 Å². The fourth-order valence-corrected chi connectivity index (χ4v) is 2.10. The van der Waals surface area contributed by atoms with Gasteiger partial charge in [0.05, 0.1) is 11.2 Å². The SMILES string of the molecule is CCc1cc(-c2nc3nc(N)ccc3[nH]2)n(CC)n1. The van der Waals surface area contributed by atoms with Gasteiger partial charge in [-0.25, -0.2) is 9.97 Å². The Hall–Kier alpha value is -2.37. The standard InChI is InChI=1S/C13H16N6/c1-3-8-7-10(19(4-2)18-8)13-15-9-5-6-11(14)16-12(9)17-13/h5-7H,3-4H2,1-2H3,(H3,14,15,16,17). The number of anilines is 1. The number of nitrogens with two attached hydrogens (primary N) is 1. The predicted octanol–water partition coefficient (Wildman–Crippen LogP) is 1.99. The predicted molar refractivity (Wildman–Crippen MR) is 74.6 cm³/mol. The molecule has 3 N–H and O–H groups in total. The Morgan fingerprint density at radius 2 is 2.11 bits per heavy atom. The lowest BCUT2D eigenvalue weighted by Gasteiger charge is -1.99. The topological polar surface area (TPSA) is 85.4 Å². The zero-order valence-corrected chi connectivity index (χ0v) is 11.0. The van der Waals surface area contributed by atoms with Gasteiger partial charge in [-0.05, 0) is 31.5 Å². The van der Waals surface area contributed by atoms with E-state index >= 15 is 0 Å². The van der Waals surface area contributed by atoms with Crippen molar-refractivity contribution in [1.82, 2.24) is 24.7 Å². The summed E-state index contributed by atoms with van der Waals surface area (Å²) in [7, 11) is 0. The molecule has 19 heavy (non-hydrogen) atoms. The van der Waals surface area contributed by atoms with Gasteiger partial charge in [-0.1, -0.05) is 6.92 Å². The first kappa shape index (κ1) is 11.7. The normalized spacial score (nSPS) is 11.3. The minimum absolute atomic E-state index is 0.476. The van der Waals surface area contributed by atoms with Gasteiger partial charge in [-0.15, -0.1) is 0 Å². The number of aromatic nitrogens is 5. The van der Waals surface area contributed by atoms with Gasteiger partial charge in [-0.3, -0.25) is 4.68 Å². The molecule has 0 aliphatic carbocycles. The lowest BCUT2D eigenvalue weighted by Crippen LogP contribution is -2.00. The number of fused-ring (bicyclic) bond motifs is 1. The number of imidazole rings is 1. The summed E-state index contributed by atoms with van der Waals surface area (Å²) in [5.41, 5.74) is 9.23. The van der Waals surface area contributed by atoms with E-state index in [9.17, 15) is 0 Å². The van der Waals surface area contributed by atoms with Gasteiger partial charge in [0.15, 0.2) is 11.5 Å². The molecule has 3 rings (SSSR count). The van der Waals surface area contributed by atoms with Crippen molar-refractivity contribution in [3.63, 3.8) is 0 Å². The maximum absolute atomic E-state index is 5.67. The van der Waals surface area contributed by atoms with Crippen molar-refractivity contribution in [2.45, 2.75) is 26.8 Å². The summed E-state index contributed by atoms with van der Waals surface area (Å²) in [5.74, 6) is 1.26. The largest absolute Gasteiger partial charge is 0.384 e. The van der Waals surface area contributed by atoms with Crippen LogP contribution >= 0.6 is 0 Å². The van der Waals surface area contributed by atoms with E-state index < -0.39 is 0 Å². The van der Waals surface area contributed by atoms with Crippen LogP contribution in [0.15, 0.2) is 18.2 Å². The molecule has 0 aliphatic rings. The molecule has 0 bridgehead atoms. The van der Waals surface area contributed by atoms with Crippen LogP contribution in [0.2, 0.25) is 0 Å². The lowest BCUT2D eigenvalue weighted by atomic mass is 10.3. The molecule has 0 amide bonds. The second kappa shape index (κ2) is 4.38. The van der Waals surface area contributed by atoms with Crippen molar-refractivity contribution in [2.75, 3.05) is 5.73 Å². The first-order valence-corrected chi connectivity index (χ1v) is 6.40. The number of nitrogens with zero attached hydrogens (tertiary/aromatic N) is 4. The van der Waals surface area contributed by atoms with Crippen LogP contribution in [0.25, 0.3) is 22.7 Å². The number of nitrogen functional groups attached to an aromatic ring is 1. The Bertz CT molecular complexity index is 724. The Balaban J connectivity index is 2.15. The Morgan fingerprint density at radius 3 is 2.84 bits per heavy atom. The molecule has 3 aromatic heterocycles. The number of aromatic amines is 1. The third kappa shape index (κ3) is 1.95. The number of nitrogens with one attached hydrogen (secondary N) is 1. The number of aryl methyl sites for hydroxylation is 2. The number of H-pyrrole nitrogens is 1. The average molecular weight is 256 g/mol. The van der Waals surface area contributed by atoms with Gasteiger partial charge in [0.1, 0.15) is 11.5 Å². The van der Waals surface area contributed by atoms with E-state index in [-0.39, 0.29) is 0 Å². The molecular formula is C13H16N6. The first-order valence-electron chi connectivity index (χ1n) is 6.40. The van der Waals surface area contributed by atoms with Gasteiger partial charge in [-0.2, -0.15) is 5.10 Å². The van der Waals surface area contributed by atoms with Crippen LogP contribution in [0.3, 0.4) is 0 Å². The van der Waals surface area contributed by atoms with Crippen molar-refractivity contribution >= 4 is 17.0 Å². The summed E-state index contributed by atoms with van der Waals surface area (Å²) >= 11 is 0. The number of hydrogen-bond donors (Lipinski definition) is 2. The third-order valence-electron chi connectivity index (χ3n) is 3.10. The highest BCUT2D eigenvalue weighted by molar-refractivity contribution is 5.76. The zero-order valence-electron chi connectivity index (χ0n) is 11.0. The van der Waals surface area contributed by atoms with Crippen molar-refractivity contribution in [3.8, 4) is 11.5 Å². The van der Waals surface area contributed by atoms with E-state index in [1.807, 2.05) is 10.7 Å². The molecule has 0 aromatic carbocycles. The minimum Gasteiger partial charge on any atom is -0.384 e. The van der Waals surface area contributed by atoms with Gasteiger partial charge in [0.25, 0.3) is 0 Å². The fourth-order valence-electron chi connectivity index (χ4n) is 2.10. The summed E-state index contributed by atoms with van der Waals surface area (Å²) < 4.78 is 1.94. The van der Waals surface area contributed by atoms with E-state index in [2.05, 4.69) is 40.0 Å². The molecule has 0 aliphatic heterocycles. The van der Waals surface area contributed by atoms with Crippen molar-refractivity contribution in [1.29, 1.82) is 0 Å². The summed E-state index contributed by atoms with van der Waals surface area (Å²) in [6, 6.07) is 5.71. The van der Waals surface area contributed by atoms with E-state index in [1.54, 1.807) is 6.07 Å². The van der Waals surface area contributed by atoms with Crippen molar-refractivity contribution < 1.29 is 0 Å². The maximum Gasteiger partial charge on any atom is 0.180 e. The van der Waals surface area contributed by atoms with Gasteiger partial charge in [0, 0.05) is 6.54 Å². The molecule has 6 heteroatoms. The summed E-state index contributed by atoms with van der Waals surface area (Å²) in [6.07, 6.45) is 0.908. The molecule has 0 spiro atoms. The van der Waals surface area contributed by atoms with Crippen LogP contribution in [0.5, 0.6) is 0 Å². The number of rotatable bonds is 3. The van der Waals surface area contributed by atoms with Gasteiger partial charge >= 0.3 is 0 Å². The molecule has 0 unspecified atom stereocenters. The van der Waals surface area contributed by atoms with E-state index in [4.69, 9.17) is 5.73 Å². The van der Waals surface area contributed by atoms with E-state index in [0.717, 1.165) is 35.7 Å². The molecule has 0 saturated heterocycles. The summed E-state index contributed by atoms with van der Waals surface area (Å²) in [4.78, 5) is 12.0. The van der Waals surface area contributed by atoms with Crippen LogP contribution in [0.1, 0.15) is 19.5 Å². The highest BCUT2D eigenvalue weighted by Gasteiger charge is 2.12. The lowest BCUT2D eigenvalue weighted by molar-refractivity contribution is 0.653.